The van der Waals surface area contributed by atoms with Gasteiger partial charge in [0.1, 0.15) is 0 Å². The molecule has 4 unspecified atom stereocenters. The molecule has 4 rings (SSSR count). The van der Waals surface area contributed by atoms with E-state index < -0.39 is 0 Å². The largest absolute Gasteiger partial charge is 0.374 e. The first-order valence-electron chi connectivity index (χ1n) is 8.85. The highest BCUT2D eigenvalue weighted by Crippen LogP contribution is 2.47. The zero-order chi connectivity index (χ0) is 15.8. The Bertz CT molecular complexity index is 567. The van der Waals surface area contributed by atoms with E-state index in [4.69, 9.17) is 9.73 Å². The minimum atomic E-state index is 0.499. The van der Waals surface area contributed by atoms with Crippen molar-refractivity contribution in [2.45, 2.75) is 45.4 Å². The highest BCUT2D eigenvalue weighted by molar-refractivity contribution is 5.80. The second-order valence-corrected chi connectivity index (χ2v) is 7.00. The highest BCUT2D eigenvalue weighted by atomic mass is 16.5. The summed E-state index contributed by atoms with van der Waals surface area (Å²) < 4.78 is 6.07. The summed E-state index contributed by atoms with van der Waals surface area (Å²) in [6.07, 6.45) is 5.43. The SMILES string of the molecule is CCNC(=NCc1ccc(C)nc1)N1CC2C3CCC(O3)C2C1. The van der Waals surface area contributed by atoms with Gasteiger partial charge < -0.3 is 15.0 Å². The van der Waals surface area contributed by atoms with Crippen LogP contribution in [0.3, 0.4) is 0 Å². The summed E-state index contributed by atoms with van der Waals surface area (Å²) in [4.78, 5) is 11.6. The van der Waals surface area contributed by atoms with E-state index >= 15 is 0 Å². The molecule has 124 valence electrons. The second-order valence-electron chi connectivity index (χ2n) is 7.00. The number of likely N-dealkylation sites (tertiary alicyclic amines) is 1. The van der Waals surface area contributed by atoms with E-state index in [1.165, 1.54) is 12.8 Å². The van der Waals surface area contributed by atoms with Crippen LogP contribution in [0, 0.1) is 18.8 Å². The summed E-state index contributed by atoms with van der Waals surface area (Å²) in [7, 11) is 0. The van der Waals surface area contributed by atoms with E-state index in [2.05, 4.69) is 28.2 Å². The van der Waals surface area contributed by atoms with Crippen molar-refractivity contribution in [1.82, 2.24) is 15.2 Å². The van der Waals surface area contributed by atoms with Crippen LogP contribution in [0.5, 0.6) is 0 Å². The minimum absolute atomic E-state index is 0.499. The number of nitrogens with zero attached hydrogens (tertiary/aromatic N) is 3. The number of rotatable bonds is 3. The third-order valence-corrected chi connectivity index (χ3v) is 5.47. The lowest BCUT2D eigenvalue weighted by Gasteiger charge is -2.23. The van der Waals surface area contributed by atoms with Crippen molar-refractivity contribution < 1.29 is 4.74 Å². The van der Waals surface area contributed by atoms with Crippen molar-refractivity contribution in [1.29, 1.82) is 0 Å². The molecule has 3 fully saturated rings. The molecule has 5 heteroatoms. The summed E-state index contributed by atoms with van der Waals surface area (Å²) in [5.41, 5.74) is 2.21. The molecular weight excluding hydrogens is 288 g/mol. The topological polar surface area (TPSA) is 49.8 Å². The molecular formula is C18H26N4O. The molecule has 23 heavy (non-hydrogen) atoms. The zero-order valence-electron chi connectivity index (χ0n) is 14.0. The molecule has 3 saturated heterocycles. The van der Waals surface area contributed by atoms with E-state index in [1.807, 2.05) is 19.2 Å². The van der Waals surface area contributed by atoms with Crippen LogP contribution < -0.4 is 5.32 Å². The molecule has 0 aromatic carbocycles. The Morgan fingerprint density at radius 2 is 2.04 bits per heavy atom. The van der Waals surface area contributed by atoms with Crippen molar-refractivity contribution >= 4 is 5.96 Å². The summed E-state index contributed by atoms with van der Waals surface area (Å²) >= 11 is 0. The van der Waals surface area contributed by atoms with Crippen LogP contribution in [0.15, 0.2) is 23.3 Å². The number of pyridine rings is 1. The third kappa shape index (κ3) is 2.82. The third-order valence-electron chi connectivity index (χ3n) is 5.47. The van der Waals surface area contributed by atoms with Gasteiger partial charge >= 0.3 is 0 Å². The smallest absolute Gasteiger partial charge is 0.194 e. The molecule has 0 spiro atoms. The van der Waals surface area contributed by atoms with Crippen LogP contribution in [-0.2, 0) is 11.3 Å². The molecule has 3 aliphatic rings. The molecule has 1 aromatic heterocycles. The molecule has 2 bridgehead atoms. The number of fused-ring (bicyclic) bond motifs is 5. The number of aryl methyl sites for hydroxylation is 1. The first-order chi connectivity index (χ1) is 11.2. The van der Waals surface area contributed by atoms with Crippen molar-refractivity contribution in [3.63, 3.8) is 0 Å². The van der Waals surface area contributed by atoms with E-state index in [0.29, 0.717) is 30.6 Å². The Kier molecular flexibility index (Phi) is 3.97. The summed E-state index contributed by atoms with van der Waals surface area (Å²) in [6.45, 7) is 7.90. The number of nitrogens with one attached hydrogen (secondary N) is 1. The van der Waals surface area contributed by atoms with E-state index in [9.17, 15) is 0 Å². The first-order valence-corrected chi connectivity index (χ1v) is 8.85. The second kappa shape index (κ2) is 6.11. The summed E-state index contributed by atoms with van der Waals surface area (Å²) in [5.74, 6) is 2.46. The number of aromatic nitrogens is 1. The fourth-order valence-electron chi connectivity index (χ4n) is 4.32. The Morgan fingerprint density at radius 1 is 1.30 bits per heavy atom. The molecule has 0 amide bonds. The van der Waals surface area contributed by atoms with Gasteiger partial charge in [-0.15, -0.1) is 0 Å². The number of guanidine groups is 1. The lowest BCUT2D eigenvalue weighted by molar-refractivity contribution is 0.0767. The van der Waals surface area contributed by atoms with Crippen LogP contribution in [0.4, 0.5) is 0 Å². The number of hydrogen-bond donors (Lipinski definition) is 1. The van der Waals surface area contributed by atoms with Crippen molar-refractivity contribution in [2.75, 3.05) is 19.6 Å². The molecule has 5 nitrogen and oxygen atoms in total. The van der Waals surface area contributed by atoms with Gasteiger partial charge in [0.15, 0.2) is 5.96 Å². The van der Waals surface area contributed by atoms with Crippen LogP contribution in [0.25, 0.3) is 0 Å². The average Bonchev–Trinajstić information content (AvgIpc) is 3.25. The van der Waals surface area contributed by atoms with E-state index in [-0.39, 0.29) is 0 Å². The molecule has 0 saturated carbocycles. The van der Waals surface area contributed by atoms with Gasteiger partial charge in [0, 0.05) is 43.4 Å². The van der Waals surface area contributed by atoms with Crippen LogP contribution in [0.2, 0.25) is 0 Å². The maximum atomic E-state index is 6.07. The number of hydrogen-bond acceptors (Lipinski definition) is 3. The predicted molar refractivity (Wildman–Crippen MR) is 90.2 cm³/mol. The Morgan fingerprint density at radius 3 is 2.65 bits per heavy atom. The zero-order valence-corrected chi connectivity index (χ0v) is 14.0. The normalized spacial score (nSPS) is 32.4. The lowest BCUT2D eigenvalue weighted by atomic mass is 9.82. The Balaban J connectivity index is 1.45. The highest BCUT2D eigenvalue weighted by Gasteiger charge is 2.53. The van der Waals surface area contributed by atoms with Crippen molar-refractivity contribution in [2.24, 2.45) is 16.8 Å². The maximum Gasteiger partial charge on any atom is 0.194 e. The molecule has 1 aromatic rings. The van der Waals surface area contributed by atoms with E-state index in [0.717, 1.165) is 36.9 Å². The minimum Gasteiger partial charge on any atom is -0.374 e. The predicted octanol–water partition coefficient (Wildman–Crippen LogP) is 1.96. The van der Waals surface area contributed by atoms with Gasteiger partial charge in [0.2, 0.25) is 0 Å². The van der Waals surface area contributed by atoms with Crippen LogP contribution in [0.1, 0.15) is 31.0 Å². The maximum absolute atomic E-state index is 6.07. The number of aliphatic imine (C=N–C) groups is 1. The van der Waals surface area contributed by atoms with Gasteiger partial charge in [-0.3, -0.25) is 4.98 Å². The molecule has 0 radical (unpaired) electrons. The van der Waals surface area contributed by atoms with Gasteiger partial charge in [-0.25, -0.2) is 4.99 Å². The van der Waals surface area contributed by atoms with Gasteiger partial charge in [-0.1, -0.05) is 6.07 Å². The van der Waals surface area contributed by atoms with Crippen molar-refractivity contribution in [3.8, 4) is 0 Å². The molecule has 4 heterocycles. The Hall–Kier alpha value is -1.62. The molecule has 4 atom stereocenters. The summed E-state index contributed by atoms with van der Waals surface area (Å²) in [6, 6.07) is 4.16. The van der Waals surface area contributed by atoms with Gasteiger partial charge in [0.25, 0.3) is 0 Å². The molecule has 1 N–H and O–H groups in total. The molecule has 3 aliphatic heterocycles. The Labute approximate surface area is 138 Å². The fraction of sp³-hybridized carbons (Fsp3) is 0.667. The van der Waals surface area contributed by atoms with E-state index in [1.54, 1.807) is 0 Å². The first kappa shape index (κ1) is 14.9. The summed E-state index contributed by atoms with van der Waals surface area (Å²) in [5, 5.41) is 3.46. The lowest BCUT2D eigenvalue weighted by Crippen LogP contribution is -2.41. The van der Waals surface area contributed by atoms with Crippen LogP contribution >= 0.6 is 0 Å². The number of ether oxygens (including phenoxy) is 1. The van der Waals surface area contributed by atoms with Crippen LogP contribution in [-0.4, -0.2) is 47.7 Å². The van der Waals surface area contributed by atoms with Gasteiger partial charge in [-0.05, 0) is 38.3 Å². The molecule has 0 aliphatic carbocycles. The van der Waals surface area contributed by atoms with Crippen molar-refractivity contribution in [3.05, 3.63) is 29.6 Å². The fourth-order valence-corrected chi connectivity index (χ4v) is 4.32. The average molecular weight is 314 g/mol. The monoisotopic (exact) mass is 314 g/mol. The standard InChI is InChI=1S/C18H26N4O/c1-3-19-18(21-9-13-5-4-12(2)20-8-13)22-10-14-15(11-22)17-7-6-16(14)23-17/h4-5,8,14-17H,3,6-7,9-11H2,1-2H3,(H,19,21). The van der Waals surface area contributed by atoms with Gasteiger partial charge in [0.05, 0.1) is 18.8 Å². The van der Waals surface area contributed by atoms with Gasteiger partial charge in [-0.2, -0.15) is 0 Å². The quantitative estimate of drug-likeness (QED) is 0.684.